The first kappa shape index (κ1) is 9.64. The van der Waals surface area contributed by atoms with Gasteiger partial charge in [-0.15, -0.1) is 0 Å². The molecule has 0 amide bonds. The summed E-state index contributed by atoms with van der Waals surface area (Å²) in [5.74, 6) is -0.884. The van der Waals surface area contributed by atoms with Crippen LogP contribution >= 0.6 is 0 Å². The van der Waals surface area contributed by atoms with Crippen molar-refractivity contribution in [1.29, 1.82) is 0 Å². The highest BCUT2D eigenvalue weighted by molar-refractivity contribution is 5.23. The Kier molecular flexibility index (Phi) is 2.95. The lowest BCUT2D eigenvalue weighted by atomic mass is 10.2. The second-order valence-corrected chi connectivity index (χ2v) is 2.69. The van der Waals surface area contributed by atoms with Crippen LogP contribution in [0.5, 0.6) is 0 Å². The zero-order chi connectivity index (χ0) is 9.84. The van der Waals surface area contributed by atoms with E-state index in [2.05, 4.69) is 11.8 Å². The average molecular weight is 184 g/mol. The number of hydrogen-bond acceptors (Lipinski definition) is 2. The Hall–Kier alpha value is -1.45. The van der Waals surface area contributed by atoms with Crippen LogP contribution in [0.15, 0.2) is 23.3 Å². The summed E-state index contributed by atoms with van der Waals surface area (Å²) >= 11 is 0. The zero-order valence-electron chi connectivity index (χ0n) is 7.30. The molecule has 1 rings (SSSR count). The van der Waals surface area contributed by atoms with Gasteiger partial charge >= 0.3 is 0 Å². The molecule has 0 heterocycles. The van der Waals surface area contributed by atoms with Gasteiger partial charge in [0.1, 0.15) is 11.6 Å². The van der Waals surface area contributed by atoms with Gasteiger partial charge in [0.15, 0.2) is 0 Å². The van der Waals surface area contributed by atoms with Crippen LogP contribution < -0.4 is 0 Å². The Bertz CT molecular complexity index is 312. The molecule has 0 aliphatic heterocycles. The Labute approximate surface area is 75.5 Å². The molecular formula is C9H10F2N2. The molecule has 0 unspecified atom stereocenters. The molecule has 1 aromatic carbocycles. The van der Waals surface area contributed by atoms with Crippen molar-refractivity contribution in [1.82, 2.24) is 5.01 Å². The fourth-order valence-electron chi connectivity index (χ4n) is 0.961. The number of rotatable bonds is 3. The maximum Gasteiger partial charge on any atom is 0.128 e. The summed E-state index contributed by atoms with van der Waals surface area (Å²) in [4.78, 5) is 0. The predicted octanol–water partition coefficient (Wildman–Crippen LogP) is 2.01. The molecule has 0 aliphatic rings. The number of benzene rings is 1. The van der Waals surface area contributed by atoms with Crippen molar-refractivity contribution in [2.75, 3.05) is 7.05 Å². The highest BCUT2D eigenvalue weighted by Gasteiger charge is 2.04. The molecule has 0 atom stereocenters. The highest BCUT2D eigenvalue weighted by Crippen LogP contribution is 2.11. The summed E-state index contributed by atoms with van der Waals surface area (Å²) < 4.78 is 25.7. The van der Waals surface area contributed by atoms with Gasteiger partial charge in [-0.25, -0.2) is 8.78 Å². The van der Waals surface area contributed by atoms with E-state index in [0.717, 1.165) is 18.2 Å². The Morgan fingerprint density at radius 1 is 1.46 bits per heavy atom. The first-order valence-electron chi connectivity index (χ1n) is 3.75. The van der Waals surface area contributed by atoms with E-state index in [0.29, 0.717) is 0 Å². The lowest BCUT2D eigenvalue weighted by Crippen LogP contribution is -2.11. The summed E-state index contributed by atoms with van der Waals surface area (Å²) in [6, 6.07) is 3.33. The largest absolute Gasteiger partial charge is 0.296 e. The van der Waals surface area contributed by atoms with Gasteiger partial charge in [0, 0.05) is 19.3 Å². The van der Waals surface area contributed by atoms with Crippen LogP contribution in [0.4, 0.5) is 8.78 Å². The molecule has 0 saturated heterocycles. The van der Waals surface area contributed by atoms with Crippen molar-refractivity contribution >= 4 is 6.72 Å². The molecule has 4 heteroatoms. The van der Waals surface area contributed by atoms with E-state index < -0.39 is 11.6 Å². The van der Waals surface area contributed by atoms with Crippen LogP contribution in [0.25, 0.3) is 0 Å². The lowest BCUT2D eigenvalue weighted by Gasteiger charge is -2.12. The fraction of sp³-hybridized carbons (Fsp3) is 0.222. The van der Waals surface area contributed by atoms with Crippen molar-refractivity contribution in [2.24, 2.45) is 5.10 Å². The van der Waals surface area contributed by atoms with Crippen LogP contribution in [-0.2, 0) is 6.54 Å². The molecule has 13 heavy (non-hydrogen) atoms. The van der Waals surface area contributed by atoms with E-state index in [1.165, 1.54) is 5.01 Å². The lowest BCUT2D eigenvalue weighted by molar-refractivity contribution is 0.342. The topological polar surface area (TPSA) is 15.6 Å². The zero-order valence-corrected chi connectivity index (χ0v) is 7.30. The molecule has 0 aliphatic carbocycles. The summed E-state index contributed by atoms with van der Waals surface area (Å²) in [6.07, 6.45) is 0. The Morgan fingerprint density at radius 3 is 2.77 bits per heavy atom. The van der Waals surface area contributed by atoms with E-state index in [4.69, 9.17) is 0 Å². The van der Waals surface area contributed by atoms with Gasteiger partial charge in [0.2, 0.25) is 0 Å². The standard InChI is InChI=1S/C9H10F2N2/c1-12-13(2)6-7-5-8(10)3-4-9(7)11/h3-5H,1,6H2,2H3. The van der Waals surface area contributed by atoms with Gasteiger partial charge in [-0.3, -0.25) is 5.01 Å². The number of hydrazone groups is 1. The van der Waals surface area contributed by atoms with E-state index in [9.17, 15) is 8.78 Å². The molecule has 2 nitrogen and oxygen atoms in total. The van der Waals surface area contributed by atoms with Gasteiger partial charge < -0.3 is 0 Å². The van der Waals surface area contributed by atoms with Gasteiger partial charge in [0.25, 0.3) is 0 Å². The molecule has 1 aromatic rings. The Balaban J connectivity index is 2.86. The van der Waals surface area contributed by atoms with Crippen LogP contribution in [0.2, 0.25) is 0 Å². The van der Waals surface area contributed by atoms with Crippen LogP contribution in [-0.4, -0.2) is 18.8 Å². The van der Waals surface area contributed by atoms with E-state index in [-0.39, 0.29) is 12.1 Å². The molecule has 70 valence electrons. The van der Waals surface area contributed by atoms with Crippen molar-refractivity contribution in [2.45, 2.75) is 6.54 Å². The third kappa shape index (κ3) is 2.50. The van der Waals surface area contributed by atoms with E-state index in [1.807, 2.05) is 0 Å². The fourth-order valence-corrected chi connectivity index (χ4v) is 0.961. The third-order valence-corrected chi connectivity index (χ3v) is 1.65. The monoisotopic (exact) mass is 184 g/mol. The molecular weight excluding hydrogens is 174 g/mol. The molecule has 0 bridgehead atoms. The number of nitrogens with zero attached hydrogens (tertiary/aromatic N) is 2. The minimum absolute atomic E-state index is 0.215. The molecule has 0 aromatic heterocycles. The first-order valence-corrected chi connectivity index (χ1v) is 3.75. The second kappa shape index (κ2) is 3.98. The first-order chi connectivity index (χ1) is 6.13. The second-order valence-electron chi connectivity index (χ2n) is 2.69. The molecule has 0 N–H and O–H groups in total. The maximum absolute atomic E-state index is 13.0. The number of hydrogen-bond donors (Lipinski definition) is 0. The summed E-state index contributed by atoms with van der Waals surface area (Å²) in [5.41, 5.74) is 0.273. The molecule has 0 radical (unpaired) electrons. The van der Waals surface area contributed by atoms with E-state index in [1.54, 1.807) is 7.05 Å². The van der Waals surface area contributed by atoms with Gasteiger partial charge in [-0.2, -0.15) is 5.10 Å². The quantitative estimate of drug-likeness (QED) is 0.518. The average Bonchev–Trinajstić information content (AvgIpc) is 2.11. The predicted molar refractivity (Wildman–Crippen MR) is 47.4 cm³/mol. The minimum Gasteiger partial charge on any atom is -0.296 e. The molecule has 0 saturated carbocycles. The normalized spacial score (nSPS) is 9.77. The van der Waals surface area contributed by atoms with Crippen molar-refractivity contribution in [3.05, 3.63) is 35.4 Å². The molecule has 0 spiro atoms. The van der Waals surface area contributed by atoms with Crippen LogP contribution in [0.1, 0.15) is 5.56 Å². The van der Waals surface area contributed by atoms with Gasteiger partial charge in [-0.1, -0.05) is 0 Å². The van der Waals surface area contributed by atoms with Gasteiger partial charge in [0.05, 0.1) is 6.54 Å². The summed E-state index contributed by atoms with van der Waals surface area (Å²) in [5, 5.41) is 4.98. The van der Waals surface area contributed by atoms with Crippen LogP contribution in [0, 0.1) is 11.6 Å². The van der Waals surface area contributed by atoms with Gasteiger partial charge in [-0.05, 0) is 18.2 Å². The number of halogens is 2. The van der Waals surface area contributed by atoms with E-state index >= 15 is 0 Å². The SMILES string of the molecule is C=NN(C)Cc1cc(F)ccc1F. The summed E-state index contributed by atoms with van der Waals surface area (Å²) in [7, 11) is 1.64. The van der Waals surface area contributed by atoms with Crippen LogP contribution in [0.3, 0.4) is 0 Å². The third-order valence-electron chi connectivity index (χ3n) is 1.65. The van der Waals surface area contributed by atoms with Crippen molar-refractivity contribution < 1.29 is 8.78 Å². The van der Waals surface area contributed by atoms with Crippen molar-refractivity contribution in [3.63, 3.8) is 0 Å². The smallest absolute Gasteiger partial charge is 0.128 e. The maximum atomic E-state index is 13.0. The minimum atomic E-state index is -0.450. The molecule has 0 fully saturated rings. The Morgan fingerprint density at radius 2 is 2.15 bits per heavy atom. The summed E-state index contributed by atoms with van der Waals surface area (Å²) in [6.45, 7) is 3.48. The van der Waals surface area contributed by atoms with Crippen molar-refractivity contribution in [3.8, 4) is 0 Å². The highest BCUT2D eigenvalue weighted by atomic mass is 19.1.